The number of nitriles is 1. The summed E-state index contributed by atoms with van der Waals surface area (Å²) in [5, 5.41) is 10.4. The average Bonchev–Trinajstić information content (AvgIpc) is 2.29. The highest BCUT2D eigenvalue weighted by molar-refractivity contribution is 6.33. The number of benzene rings is 1. The molecular weight excluding hydrogens is 243 g/mol. The second-order valence-corrected chi connectivity index (χ2v) is 4.26. The fourth-order valence-corrected chi connectivity index (χ4v) is 2.06. The molecule has 0 aromatic heterocycles. The molecule has 0 aliphatic rings. The molecule has 0 bridgehead atoms. The SMILES string of the molecule is CCN(CC)C(C#N)c1cc(Cl)ccc1Cl. The quantitative estimate of drug-likeness (QED) is 0.817. The highest BCUT2D eigenvalue weighted by Gasteiger charge is 2.19. The molecule has 0 saturated carbocycles. The monoisotopic (exact) mass is 256 g/mol. The van der Waals surface area contributed by atoms with Crippen molar-refractivity contribution < 1.29 is 0 Å². The maximum Gasteiger partial charge on any atom is 0.125 e. The summed E-state index contributed by atoms with van der Waals surface area (Å²) in [6.07, 6.45) is 0. The normalized spacial score (nSPS) is 12.5. The topological polar surface area (TPSA) is 27.0 Å². The Morgan fingerprint density at radius 2 is 1.94 bits per heavy atom. The summed E-state index contributed by atoms with van der Waals surface area (Å²) in [5.74, 6) is 0. The molecule has 0 fully saturated rings. The van der Waals surface area contributed by atoms with Gasteiger partial charge in [-0.05, 0) is 31.3 Å². The number of hydrogen-bond acceptors (Lipinski definition) is 2. The summed E-state index contributed by atoms with van der Waals surface area (Å²) < 4.78 is 0. The van der Waals surface area contributed by atoms with Crippen molar-refractivity contribution in [3.05, 3.63) is 33.8 Å². The van der Waals surface area contributed by atoms with Crippen LogP contribution in [0, 0.1) is 11.3 Å². The highest BCUT2D eigenvalue weighted by atomic mass is 35.5. The summed E-state index contributed by atoms with van der Waals surface area (Å²) in [4.78, 5) is 2.04. The lowest BCUT2D eigenvalue weighted by atomic mass is 10.1. The van der Waals surface area contributed by atoms with Gasteiger partial charge in [0, 0.05) is 15.6 Å². The largest absolute Gasteiger partial charge is 0.285 e. The van der Waals surface area contributed by atoms with Gasteiger partial charge in [-0.1, -0.05) is 37.0 Å². The van der Waals surface area contributed by atoms with Crippen molar-refractivity contribution in [2.24, 2.45) is 0 Å². The summed E-state index contributed by atoms with van der Waals surface area (Å²) in [7, 11) is 0. The van der Waals surface area contributed by atoms with Gasteiger partial charge in [0.2, 0.25) is 0 Å². The van der Waals surface area contributed by atoms with E-state index in [1.165, 1.54) is 0 Å². The molecule has 0 aliphatic heterocycles. The highest BCUT2D eigenvalue weighted by Crippen LogP contribution is 2.29. The van der Waals surface area contributed by atoms with Gasteiger partial charge in [0.1, 0.15) is 6.04 Å². The van der Waals surface area contributed by atoms with Crippen molar-refractivity contribution in [1.82, 2.24) is 4.90 Å². The van der Waals surface area contributed by atoms with E-state index in [0.717, 1.165) is 18.7 Å². The van der Waals surface area contributed by atoms with Crippen molar-refractivity contribution in [2.75, 3.05) is 13.1 Å². The van der Waals surface area contributed by atoms with E-state index in [9.17, 15) is 5.26 Å². The Bertz CT molecular complexity index is 394. The minimum absolute atomic E-state index is 0.332. The lowest BCUT2D eigenvalue weighted by Gasteiger charge is -2.25. The van der Waals surface area contributed by atoms with Gasteiger partial charge >= 0.3 is 0 Å². The molecule has 1 unspecified atom stereocenters. The Balaban J connectivity index is 3.13. The Kier molecular flexibility index (Phi) is 5.08. The third-order valence-corrected chi connectivity index (χ3v) is 3.13. The van der Waals surface area contributed by atoms with E-state index < -0.39 is 0 Å². The van der Waals surface area contributed by atoms with Gasteiger partial charge < -0.3 is 0 Å². The van der Waals surface area contributed by atoms with Crippen LogP contribution in [0.15, 0.2) is 18.2 Å². The van der Waals surface area contributed by atoms with Crippen molar-refractivity contribution in [3.63, 3.8) is 0 Å². The summed E-state index contributed by atoms with van der Waals surface area (Å²) in [6, 6.07) is 7.15. The van der Waals surface area contributed by atoms with Crippen molar-refractivity contribution in [1.29, 1.82) is 5.26 Å². The van der Waals surface area contributed by atoms with Gasteiger partial charge in [-0.25, -0.2) is 0 Å². The number of rotatable bonds is 4. The molecule has 0 radical (unpaired) electrons. The summed E-state index contributed by atoms with van der Waals surface area (Å²) in [5.41, 5.74) is 0.778. The van der Waals surface area contributed by atoms with E-state index in [0.29, 0.717) is 10.0 Å². The molecule has 4 heteroatoms. The molecule has 1 aromatic rings. The molecule has 0 heterocycles. The zero-order chi connectivity index (χ0) is 12.1. The predicted octanol–water partition coefficient (Wildman–Crippen LogP) is 3.90. The molecule has 1 aromatic carbocycles. The fraction of sp³-hybridized carbons (Fsp3) is 0.417. The minimum atomic E-state index is -0.332. The first-order valence-corrected chi connectivity index (χ1v) is 5.98. The predicted molar refractivity (Wildman–Crippen MR) is 67.7 cm³/mol. The molecule has 0 spiro atoms. The van der Waals surface area contributed by atoms with Crippen LogP contribution < -0.4 is 0 Å². The molecule has 0 amide bonds. The Labute approximate surface area is 106 Å². The maximum absolute atomic E-state index is 9.23. The molecule has 1 atom stereocenters. The second-order valence-electron chi connectivity index (χ2n) is 3.42. The Morgan fingerprint density at radius 3 is 2.44 bits per heavy atom. The van der Waals surface area contributed by atoms with E-state index in [-0.39, 0.29) is 6.04 Å². The summed E-state index contributed by atoms with van der Waals surface area (Å²) >= 11 is 12.0. The number of halogens is 2. The third-order valence-electron chi connectivity index (χ3n) is 2.55. The third kappa shape index (κ3) is 2.89. The van der Waals surface area contributed by atoms with Gasteiger partial charge in [0.25, 0.3) is 0 Å². The van der Waals surface area contributed by atoms with Gasteiger partial charge in [-0.15, -0.1) is 0 Å². The van der Waals surface area contributed by atoms with E-state index in [2.05, 4.69) is 6.07 Å². The van der Waals surface area contributed by atoms with Crippen LogP contribution >= 0.6 is 23.2 Å². The van der Waals surface area contributed by atoms with Gasteiger partial charge in [0.05, 0.1) is 6.07 Å². The van der Waals surface area contributed by atoms with E-state index >= 15 is 0 Å². The average molecular weight is 257 g/mol. The lowest BCUT2D eigenvalue weighted by molar-refractivity contribution is 0.262. The van der Waals surface area contributed by atoms with Crippen LogP contribution in [0.2, 0.25) is 10.0 Å². The molecule has 16 heavy (non-hydrogen) atoms. The second kappa shape index (κ2) is 6.10. The molecule has 1 rings (SSSR count). The Hall–Kier alpha value is -0.750. The van der Waals surface area contributed by atoms with Crippen LogP contribution in [0.4, 0.5) is 0 Å². The van der Waals surface area contributed by atoms with Gasteiger partial charge in [-0.2, -0.15) is 5.26 Å². The smallest absolute Gasteiger partial charge is 0.125 e. The minimum Gasteiger partial charge on any atom is -0.285 e. The molecular formula is C12H14Cl2N2. The van der Waals surface area contributed by atoms with Gasteiger partial charge in [0.15, 0.2) is 0 Å². The van der Waals surface area contributed by atoms with Crippen LogP contribution in [-0.4, -0.2) is 18.0 Å². The van der Waals surface area contributed by atoms with Crippen LogP contribution in [-0.2, 0) is 0 Å². The van der Waals surface area contributed by atoms with Crippen molar-refractivity contribution >= 4 is 23.2 Å². The van der Waals surface area contributed by atoms with Crippen LogP contribution in [0.3, 0.4) is 0 Å². The first-order valence-electron chi connectivity index (χ1n) is 5.22. The number of hydrogen-bond donors (Lipinski definition) is 0. The Morgan fingerprint density at radius 1 is 1.31 bits per heavy atom. The van der Waals surface area contributed by atoms with E-state index in [1.807, 2.05) is 18.7 Å². The number of nitrogens with zero attached hydrogens (tertiary/aromatic N) is 2. The van der Waals surface area contributed by atoms with E-state index in [4.69, 9.17) is 23.2 Å². The first kappa shape index (κ1) is 13.3. The molecule has 2 nitrogen and oxygen atoms in total. The van der Waals surface area contributed by atoms with E-state index in [1.54, 1.807) is 18.2 Å². The molecule has 0 saturated heterocycles. The summed E-state index contributed by atoms with van der Waals surface area (Å²) in [6.45, 7) is 5.65. The van der Waals surface area contributed by atoms with Crippen LogP contribution in [0.25, 0.3) is 0 Å². The fourth-order valence-electron chi connectivity index (χ4n) is 1.66. The molecule has 0 aliphatic carbocycles. The van der Waals surface area contributed by atoms with Crippen LogP contribution in [0.1, 0.15) is 25.5 Å². The van der Waals surface area contributed by atoms with Crippen LogP contribution in [0.5, 0.6) is 0 Å². The first-order chi connectivity index (χ1) is 7.63. The molecule has 86 valence electrons. The van der Waals surface area contributed by atoms with Crippen molar-refractivity contribution in [3.8, 4) is 6.07 Å². The molecule has 0 N–H and O–H groups in total. The van der Waals surface area contributed by atoms with Crippen molar-refractivity contribution in [2.45, 2.75) is 19.9 Å². The zero-order valence-corrected chi connectivity index (χ0v) is 10.9. The lowest BCUT2D eigenvalue weighted by Crippen LogP contribution is -2.27. The zero-order valence-electron chi connectivity index (χ0n) is 9.37. The standard InChI is InChI=1S/C12H14Cl2N2/c1-3-16(4-2)12(8-15)10-7-9(13)5-6-11(10)14/h5-7,12H,3-4H2,1-2H3. The van der Waals surface area contributed by atoms with Gasteiger partial charge in [-0.3, -0.25) is 4.90 Å². The maximum atomic E-state index is 9.23.